The molecular weight excluding hydrogens is 410 g/mol. The SMILES string of the molecule is CCOC(=O)C1=C(Nc2cccc3ccccc23)OC/C1=N/NC(=O)c1ccccc1O. The van der Waals surface area contributed by atoms with Gasteiger partial charge in [-0.3, -0.25) is 4.79 Å². The van der Waals surface area contributed by atoms with Crippen molar-refractivity contribution in [2.45, 2.75) is 6.92 Å². The molecule has 0 spiro atoms. The number of carbonyl (C=O) groups excluding carboxylic acids is 2. The number of hydrazone groups is 1. The van der Waals surface area contributed by atoms with Crippen LogP contribution in [0.15, 0.2) is 83.3 Å². The first-order valence-electron chi connectivity index (χ1n) is 10.0. The second-order valence-electron chi connectivity index (χ2n) is 6.88. The molecule has 0 bridgehead atoms. The van der Waals surface area contributed by atoms with Crippen LogP contribution in [0.3, 0.4) is 0 Å². The fourth-order valence-corrected chi connectivity index (χ4v) is 3.32. The van der Waals surface area contributed by atoms with Gasteiger partial charge in [-0.15, -0.1) is 0 Å². The van der Waals surface area contributed by atoms with E-state index in [1.807, 2.05) is 42.5 Å². The van der Waals surface area contributed by atoms with E-state index in [9.17, 15) is 14.7 Å². The monoisotopic (exact) mass is 431 g/mol. The van der Waals surface area contributed by atoms with Crippen LogP contribution in [0.25, 0.3) is 10.8 Å². The molecule has 0 fully saturated rings. The van der Waals surface area contributed by atoms with Crippen molar-refractivity contribution in [2.75, 3.05) is 18.5 Å². The number of phenolic OH excluding ortho intramolecular Hbond substituents is 1. The Morgan fingerprint density at radius 2 is 1.81 bits per heavy atom. The average molecular weight is 431 g/mol. The van der Waals surface area contributed by atoms with Gasteiger partial charge in [-0.1, -0.05) is 48.5 Å². The highest BCUT2D eigenvalue weighted by Gasteiger charge is 2.31. The Labute approximate surface area is 184 Å². The predicted octanol–water partition coefficient (Wildman–Crippen LogP) is 3.55. The normalized spacial score (nSPS) is 14.3. The summed E-state index contributed by atoms with van der Waals surface area (Å²) in [4.78, 5) is 25.0. The lowest BCUT2D eigenvalue weighted by atomic mass is 10.1. The van der Waals surface area contributed by atoms with Gasteiger partial charge < -0.3 is 19.9 Å². The van der Waals surface area contributed by atoms with E-state index < -0.39 is 11.9 Å². The summed E-state index contributed by atoms with van der Waals surface area (Å²) in [5.41, 5.74) is 3.47. The molecule has 1 amide bonds. The number of nitrogens with one attached hydrogen (secondary N) is 2. The van der Waals surface area contributed by atoms with Crippen molar-refractivity contribution in [3.05, 3.63) is 83.7 Å². The molecule has 4 rings (SSSR count). The van der Waals surface area contributed by atoms with Gasteiger partial charge in [-0.05, 0) is 30.5 Å². The Hall–Kier alpha value is -4.33. The molecule has 0 saturated carbocycles. The molecule has 1 aliphatic rings. The summed E-state index contributed by atoms with van der Waals surface area (Å²) in [6, 6.07) is 19.6. The number of amides is 1. The van der Waals surface area contributed by atoms with Crippen LogP contribution >= 0.6 is 0 Å². The molecule has 1 aliphatic heterocycles. The van der Waals surface area contributed by atoms with Crippen molar-refractivity contribution >= 4 is 34.0 Å². The van der Waals surface area contributed by atoms with E-state index >= 15 is 0 Å². The summed E-state index contributed by atoms with van der Waals surface area (Å²) in [6.07, 6.45) is 0. The number of benzene rings is 3. The van der Waals surface area contributed by atoms with E-state index in [0.29, 0.717) is 0 Å². The summed E-state index contributed by atoms with van der Waals surface area (Å²) in [5.74, 6) is -1.22. The van der Waals surface area contributed by atoms with Crippen LogP contribution in [-0.2, 0) is 14.3 Å². The second kappa shape index (κ2) is 9.22. The van der Waals surface area contributed by atoms with E-state index in [1.54, 1.807) is 19.1 Å². The summed E-state index contributed by atoms with van der Waals surface area (Å²) in [5, 5.41) is 19.0. The molecule has 162 valence electrons. The molecule has 32 heavy (non-hydrogen) atoms. The zero-order valence-electron chi connectivity index (χ0n) is 17.3. The second-order valence-corrected chi connectivity index (χ2v) is 6.88. The van der Waals surface area contributed by atoms with Gasteiger partial charge >= 0.3 is 5.97 Å². The number of anilines is 1. The predicted molar refractivity (Wildman–Crippen MR) is 120 cm³/mol. The van der Waals surface area contributed by atoms with Crippen molar-refractivity contribution in [3.63, 3.8) is 0 Å². The number of esters is 1. The first kappa shape index (κ1) is 20.9. The number of hydrogen-bond donors (Lipinski definition) is 3. The molecule has 8 nitrogen and oxygen atoms in total. The number of phenols is 1. The maximum atomic E-state index is 12.7. The Morgan fingerprint density at radius 3 is 2.62 bits per heavy atom. The van der Waals surface area contributed by atoms with Crippen LogP contribution in [0.5, 0.6) is 5.75 Å². The average Bonchev–Trinajstić information content (AvgIpc) is 3.20. The molecule has 8 heteroatoms. The van der Waals surface area contributed by atoms with Gasteiger partial charge in [0.05, 0.1) is 12.2 Å². The minimum absolute atomic E-state index is 0.0394. The largest absolute Gasteiger partial charge is 0.507 e. The number of ether oxygens (including phenoxy) is 2. The number of aromatic hydroxyl groups is 1. The molecule has 3 aromatic rings. The smallest absolute Gasteiger partial charge is 0.345 e. The van der Waals surface area contributed by atoms with Crippen molar-refractivity contribution in [3.8, 4) is 5.75 Å². The highest BCUT2D eigenvalue weighted by Crippen LogP contribution is 2.27. The Kier molecular flexibility index (Phi) is 6.03. The maximum Gasteiger partial charge on any atom is 0.345 e. The van der Waals surface area contributed by atoms with E-state index in [0.717, 1.165) is 16.5 Å². The maximum absolute atomic E-state index is 12.7. The molecule has 3 aromatic carbocycles. The van der Waals surface area contributed by atoms with Crippen molar-refractivity contribution < 1.29 is 24.2 Å². The van der Waals surface area contributed by atoms with Crippen molar-refractivity contribution in [1.82, 2.24) is 5.43 Å². The van der Waals surface area contributed by atoms with Gasteiger partial charge in [-0.25, -0.2) is 10.2 Å². The van der Waals surface area contributed by atoms with E-state index in [4.69, 9.17) is 9.47 Å². The fraction of sp³-hybridized carbons (Fsp3) is 0.125. The minimum Gasteiger partial charge on any atom is -0.507 e. The molecule has 0 atom stereocenters. The molecular formula is C24H21N3O5. The number of para-hydroxylation sites is 1. The molecule has 0 unspecified atom stereocenters. The summed E-state index contributed by atoms with van der Waals surface area (Å²) in [6.45, 7) is 1.83. The molecule has 0 radical (unpaired) electrons. The third-order valence-electron chi connectivity index (χ3n) is 4.83. The summed E-state index contributed by atoms with van der Waals surface area (Å²) >= 11 is 0. The summed E-state index contributed by atoms with van der Waals surface area (Å²) < 4.78 is 10.9. The third kappa shape index (κ3) is 4.24. The summed E-state index contributed by atoms with van der Waals surface area (Å²) in [7, 11) is 0. The van der Waals surface area contributed by atoms with Crippen molar-refractivity contribution in [1.29, 1.82) is 0 Å². The van der Waals surface area contributed by atoms with E-state index in [-0.39, 0.29) is 41.7 Å². The highest BCUT2D eigenvalue weighted by molar-refractivity contribution is 6.22. The molecule has 3 N–H and O–H groups in total. The first-order chi connectivity index (χ1) is 15.6. The quantitative estimate of drug-likeness (QED) is 0.407. The van der Waals surface area contributed by atoms with Crippen LogP contribution in [0.2, 0.25) is 0 Å². The lowest BCUT2D eigenvalue weighted by Gasteiger charge is -2.11. The van der Waals surface area contributed by atoms with E-state index in [1.165, 1.54) is 12.1 Å². The standard InChI is InChI=1S/C24H21N3O5/c1-2-31-24(30)21-19(26-27-22(29)17-11-5-6-13-20(17)28)14-32-23(21)25-18-12-7-9-15-8-3-4-10-16(15)18/h3-13,25,28H,2,14H2,1H3,(H,27,29)/b26-19-. The van der Waals surface area contributed by atoms with Crippen molar-refractivity contribution in [2.24, 2.45) is 5.10 Å². The van der Waals surface area contributed by atoms with Gasteiger partial charge in [0, 0.05) is 11.1 Å². The minimum atomic E-state index is -0.622. The number of fused-ring (bicyclic) bond motifs is 1. The Morgan fingerprint density at radius 1 is 1.06 bits per heavy atom. The topological polar surface area (TPSA) is 109 Å². The van der Waals surface area contributed by atoms with Gasteiger partial charge in [0.1, 0.15) is 23.6 Å². The van der Waals surface area contributed by atoms with Crippen LogP contribution in [0.1, 0.15) is 17.3 Å². The third-order valence-corrected chi connectivity index (χ3v) is 4.83. The Balaban J connectivity index is 1.65. The van der Waals surface area contributed by atoms with Gasteiger partial charge in [0.25, 0.3) is 5.91 Å². The van der Waals surface area contributed by atoms with Crippen LogP contribution < -0.4 is 10.7 Å². The highest BCUT2D eigenvalue weighted by atomic mass is 16.5. The number of carbonyl (C=O) groups is 2. The molecule has 0 aromatic heterocycles. The van der Waals surface area contributed by atoms with Gasteiger partial charge in [0.2, 0.25) is 5.88 Å². The molecule has 1 heterocycles. The van der Waals surface area contributed by atoms with Gasteiger partial charge in [-0.2, -0.15) is 5.10 Å². The van der Waals surface area contributed by atoms with Crippen LogP contribution in [0, 0.1) is 0 Å². The first-order valence-corrected chi connectivity index (χ1v) is 10.0. The zero-order valence-corrected chi connectivity index (χ0v) is 17.3. The lowest BCUT2D eigenvalue weighted by molar-refractivity contribution is -0.137. The van der Waals surface area contributed by atoms with Crippen LogP contribution in [-0.4, -0.2) is 35.9 Å². The number of nitrogens with zero attached hydrogens (tertiary/aromatic N) is 1. The van der Waals surface area contributed by atoms with E-state index in [2.05, 4.69) is 15.8 Å². The Bertz CT molecular complexity index is 1240. The molecule has 0 saturated heterocycles. The molecule has 0 aliphatic carbocycles. The van der Waals surface area contributed by atoms with Crippen LogP contribution in [0.4, 0.5) is 5.69 Å². The fourth-order valence-electron chi connectivity index (χ4n) is 3.32. The lowest BCUT2D eigenvalue weighted by Crippen LogP contribution is -2.23. The zero-order chi connectivity index (χ0) is 22.5. The number of rotatable bonds is 6. The van der Waals surface area contributed by atoms with Gasteiger partial charge in [0.15, 0.2) is 0 Å². The number of hydrogen-bond acceptors (Lipinski definition) is 7.